The number of piperazine rings is 1. The van der Waals surface area contributed by atoms with E-state index in [2.05, 4.69) is 5.32 Å². The van der Waals surface area contributed by atoms with Gasteiger partial charge in [-0.1, -0.05) is 6.07 Å². The van der Waals surface area contributed by atoms with Crippen LogP contribution in [0.5, 0.6) is 0 Å². The summed E-state index contributed by atoms with van der Waals surface area (Å²) < 4.78 is 12.2. The average molecular weight is 374 g/mol. The van der Waals surface area contributed by atoms with Gasteiger partial charge in [0.15, 0.2) is 0 Å². The summed E-state index contributed by atoms with van der Waals surface area (Å²) in [5, 5.41) is 2.67. The fourth-order valence-corrected chi connectivity index (χ4v) is 3.29. The molecular formula is C16H18Cl2FN3O2. The highest BCUT2D eigenvalue weighted by Crippen LogP contribution is 2.53. The predicted molar refractivity (Wildman–Crippen MR) is 90.6 cm³/mol. The number of carbonyl (C=O) groups is 2. The number of rotatable bonds is 4. The van der Waals surface area contributed by atoms with Gasteiger partial charge in [-0.15, -0.1) is 23.2 Å². The quantitative estimate of drug-likeness (QED) is 0.822. The van der Waals surface area contributed by atoms with Crippen LogP contribution >= 0.6 is 23.2 Å². The molecule has 1 saturated heterocycles. The zero-order chi connectivity index (χ0) is 17.3. The van der Waals surface area contributed by atoms with E-state index in [0.717, 1.165) is 0 Å². The lowest BCUT2D eigenvalue weighted by Crippen LogP contribution is -2.51. The Kier molecular flexibility index (Phi) is 4.99. The van der Waals surface area contributed by atoms with Crippen molar-refractivity contribution in [1.82, 2.24) is 9.80 Å². The number of halogens is 3. The highest BCUT2D eigenvalue weighted by molar-refractivity contribution is 6.52. The molecule has 24 heavy (non-hydrogen) atoms. The van der Waals surface area contributed by atoms with E-state index in [1.54, 1.807) is 17.0 Å². The van der Waals surface area contributed by atoms with Crippen LogP contribution in [0.3, 0.4) is 0 Å². The average Bonchev–Trinajstić information content (AvgIpc) is 3.16. The van der Waals surface area contributed by atoms with E-state index in [4.69, 9.17) is 23.2 Å². The second kappa shape index (κ2) is 6.86. The van der Waals surface area contributed by atoms with Gasteiger partial charge in [-0.2, -0.15) is 0 Å². The van der Waals surface area contributed by atoms with Crippen LogP contribution in [0.25, 0.3) is 0 Å². The van der Waals surface area contributed by atoms with Gasteiger partial charge in [0.05, 0.1) is 12.5 Å². The van der Waals surface area contributed by atoms with Crippen LogP contribution in [0.4, 0.5) is 10.1 Å². The Morgan fingerprint density at radius 3 is 2.50 bits per heavy atom. The first kappa shape index (κ1) is 17.5. The Balaban J connectivity index is 1.44. The van der Waals surface area contributed by atoms with Gasteiger partial charge in [0.1, 0.15) is 10.2 Å². The number of hydrogen-bond acceptors (Lipinski definition) is 3. The molecule has 0 bridgehead atoms. The van der Waals surface area contributed by atoms with Crippen LogP contribution in [0, 0.1) is 11.7 Å². The van der Waals surface area contributed by atoms with Gasteiger partial charge in [-0.05, 0) is 24.6 Å². The molecular weight excluding hydrogens is 356 g/mol. The molecule has 3 rings (SSSR count). The maximum atomic E-state index is 13.1. The van der Waals surface area contributed by atoms with E-state index >= 15 is 0 Å². The number of benzene rings is 1. The third-order valence-corrected chi connectivity index (χ3v) is 5.12. The molecule has 1 atom stereocenters. The molecule has 1 aliphatic carbocycles. The van der Waals surface area contributed by atoms with Gasteiger partial charge >= 0.3 is 0 Å². The molecule has 5 nitrogen and oxygen atoms in total. The van der Waals surface area contributed by atoms with E-state index in [9.17, 15) is 14.0 Å². The monoisotopic (exact) mass is 373 g/mol. The van der Waals surface area contributed by atoms with Gasteiger partial charge in [0, 0.05) is 31.9 Å². The van der Waals surface area contributed by atoms with Crippen molar-refractivity contribution in [2.75, 3.05) is 38.0 Å². The smallest absolute Gasteiger partial charge is 0.238 e. The molecule has 0 spiro atoms. The lowest BCUT2D eigenvalue weighted by molar-refractivity contribution is -0.134. The first-order valence-corrected chi connectivity index (χ1v) is 8.55. The summed E-state index contributed by atoms with van der Waals surface area (Å²) in [6.45, 7) is 2.51. The molecule has 0 radical (unpaired) electrons. The molecule has 1 aromatic rings. The summed E-state index contributed by atoms with van der Waals surface area (Å²) in [7, 11) is 0. The minimum atomic E-state index is -0.904. The van der Waals surface area contributed by atoms with Gasteiger partial charge in [0.25, 0.3) is 0 Å². The number of alkyl halides is 2. The number of nitrogens with one attached hydrogen (secondary N) is 1. The summed E-state index contributed by atoms with van der Waals surface area (Å²) in [4.78, 5) is 27.9. The van der Waals surface area contributed by atoms with Gasteiger partial charge in [-0.3, -0.25) is 14.5 Å². The van der Waals surface area contributed by atoms with Gasteiger partial charge in [0.2, 0.25) is 11.8 Å². The SMILES string of the molecule is O=C(CN1CCN(C(=O)C2CC2(Cl)Cl)CC1)Nc1cccc(F)c1. The van der Waals surface area contributed by atoms with E-state index in [0.29, 0.717) is 38.3 Å². The molecule has 1 N–H and O–H groups in total. The molecule has 8 heteroatoms. The normalized spacial score (nSPS) is 23.0. The maximum Gasteiger partial charge on any atom is 0.238 e. The van der Waals surface area contributed by atoms with Crippen LogP contribution in [0.15, 0.2) is 24.3 Å². The van der Waals surface area contributed by atoms with Crippen LogP contribution in [-0.4, -0.2) is 58.7 Å². The fraction of sp³-hybridized carbons (Fsp3) is 0.500. The number of anilines is 1. The van der Waals surface area contributed by atoms with Crippen LogP contribution in [0.2, 0.25) is 0 Å². The summed E-state index contributed by atoms with van der Waals surface area (Å²) in [6.07, 6.45) is 0.505. The predicted octanol–water partition coefficient (Wildman–Crippen LogP) is 2.10. The molecule has 1 aromatic carbocycles. The molecule has 1 saturated carbocycles. The van der Waals surface area contributed by atoms with Crippen molar-refractivity contribution in [3.05, 3.63) is 30.1 Å². The summed E-state index contributed by atoms with van der Waals surface area (Å²) in [5.41, 5.74) is 0.433. The van der Waals surface area contributed by atoms with Crippen molar-refractivity contribution < 1.29 is 14.0 Å². The number of nitrogens with zero attached hydrogens (tertiary/aromatic N) is 2. The number of amides is 2. The van der Waals surface area contributed by atoms with Crippen molar-refractivity contribution in [3.8, 4) is 0 Å². The number of carbonyl (C=O) groups excluding carboxylic acids is 2. The summed E-state index contributed by atoms with van der Waals surface area (Å²) in [6, 6.07) is 5.77. The van der Waals surface area contributed by atoms with Gasteiger partial charge < -0.3 is 10.2 Å². The first-order valence-electron chi connectivity index (χ1n) is 7.79. The standard InChI is InChI=1S/C16H18Cl2FN3O2/c17-16(18)9-13(16)15(24)22-6-4-21(5-7-22)10-14(23)20-12-3-1-2-11(19)8-12/h1-3,8,13H,4-7,9-10H2,(H,20,23). The molecule has 2 fully saturated rings. The van der Waals surface area contributed by atoms with Crippen LogP contribution in [0.1, 0.15) is 6.42 Å². The minimum absolute atomic E-state index is 0.0103. The lowest BCUT2D eigenvalue weighted by atomic mass is 10.2. The van der Waals surface area contributed by atoms with Crippen molar-refractivity contribution in [2.24, 2.45) is 5.92 Å². The molecule has 130 valence electrons. The molecule has 1 heterocycles. The fourth-order valence-electron chi connectivity index (χ4n) is 2.80. The topological polar surface area (TPSA) is 52.7 Å². The second-order valence-corrected chi connectivity index (χ2v) is 7.72. The molecule has 2 amide bonds. The third kappa shape index (κ3) is 4.18. The molecule has 2 aliphatic rings. The maximum absolute atomic E-state index is 13.1. The van der Waals surface area contributed by atoms with Crippen molar-refractivity contribution in [2.45, 2.75) is 10.8 Å². The Hall–Kier alpha value is -1.37. The molecule has 1 unspecified atom stereocenters. The van der Waals surface area contributed by atoms with Crippen molar-refractivity contribution in [1.29, 1.82) is 0 Å². The third-order valence-electron chi connectivity index (χ3n) is 4.28. The van der Waals surface area contributed by atoms with Crippen LogP contribution in [-0.2, 0) is 9.59 Å². The number of hydrogen-bond donors (Lipinski definition) is 1. The van der Waals surface area contributed by atoms with Crippen LogP contribution < -0.4 is 5.32 Å². The first-order chi connectivity index (χ1) is 11.3. The Morgan fingerprint density at radius 2 is 1.92 bits per heavy atom. The molecule has 0 aromatic heterocycles. The Bertz CT molecular complexity index is 648. The van der Waals surface area contributed by atoms with Gasteiger partial charge in [-0.25, -0.2) is 4.39 Å². The highest BCUT2D eigenvalue weighted by atomic mass is 35.5. The van der Waals surface area contributed by atoms with Crippen molar-refractivity contribution in [3.63, 3.8) is 0 Å². The van der Waals surface area contributed by atoms with Crippen molar-refractivity contribution >= 4 is 40.7 Å². The zero-order valence-electron chi connectivity index (χ0n) is 13.0. The summed E-state index contributed by atoms with van der Waals surface area (Å²) in [5.74, 6) is -0.912. The van der Waals surface area contributed by atoms with E-state index in [1.807, 2.05) is 4.90 Å². The Labute approximate surface area is 149 Å². The Morgan fingerprint density at radius 1 is 1.25 bits per heavy atom. The minimum Gasteiger partial charge on any atom is -0.340 e. The van der Waals surface area contributed by atoms with E-state index in [1.165, 1.54) is 12.1 Å². The summed E-state index contributed by atoms with van der Waals surface area (Å²) >= 11 is 11.9. The van der Waals surface area contributed by atoms with E-state index in [-0.39, 0.29) is 24.3 Å². The highest BCUT2D eigenvalue weighted by Gasteiger charge is 2.57. The second-order valence-electron chi connectivity index (χ2n) is 6.18. The van der Waals surface area contributed by atoms with E-state index < -0.39 is 10.2 Å². The lowest BCUT2D eigenvalue weighted by Gasteiger charge is -2.34. The zero-order valence-corrected chi connectivity index (χ0v) is 14.5. The largest absolute Gasteiger partial charge is 0.340 e. The molecule has 1 aliphatic heterocycles.